The van der Waals surface area contributed by atoms with E-state index in [-0.39, 0.29) is 6.04 Å². The molecule has 1 aromatic heterocycles. The molecule has 0 amide bonds. The van der Waals surface area contributed by atoms with Crippen LogP contribution in [0.3, 0.4) is 0 Å². The lowest BCUT2D eigenvalue weighted by molar-refractivity contribution is 0.270. The van der Waals surface area contributed by atoms with Gasteiger partial charge in [-0.1, -0.05) is 6.92 Å². The minimum Gasteiger partial charge on any atom is -0.305 e. The second kappa shape index (κ2) is 6.44. The molecule has 0 N–H and O–H groups in total. The summed E-state index contributed by atoms with van der Waals surface area (Å²) in [6, 6.07) is 1.79. The highest BCUT2D eigenvalue weighted by molar-refractivity contribution is 9.11. The smallest absolute Gasteiger partial charge is 0.244 e. The summed E-state index contributed by atoms with van der Waals surface area (Å²) in [5.41, 5.74) is 0. The maximum absolute atomic E-state index is 12.9. The average Bonchev–Trinajstić information content (AvgIpc) is 2.60. The first kappa shape index (κ1) is 16.4. The van der Waals surface area contributed by atoms with Crippen molar-refractivity contribution in [2.24, 2.45) is 0 Å². The summed E-state index contributed by atoms with van der Waals surface area (Å²) in [4.78, 5) is 3.53. The van der Waals surface area contributed by atoms with Crippen molar-refractivity contribution in [2.75, 3.05) is 26.7 Å². The molecule has 114 valence electrons. The van der Waals surface area contributed by atoms with Gasteiger partial charge in [0.15, 0.2) is 0 Å². The van der Waals surface area contributed by atoms with Crippen molar-refractivity contribution in [1.29, 1.82) is 0 Å². The molecule has 4 nitrogen and oxygen atoms in total. The molecule has 1 aliphatic heterocycles. The molecule has 1 fully saturated rings. The SMILES string of the molecule is CCC1CN(C)CCCN1S(=O)(=O)c1cc(Br)sc1C. The van der Waals surface area contributed by atoms with Crippen molar-refractivity contribution < 1.29 is 8.42 Å². The van der Waals surface area contributed by atoms with Gasteiger partial charge in [-0.2, -0.15) is 4.31 Å². The number of aryl methyl sites for hydroxylation is 1. The minimum atomic E-state index is -3.39. The number of sulfonamides is 1. The zero-order valence-electron chi connectivity index (χ0n) is 12.1. The van der Waals surface area contributed by atoms with Gasteiger partial charge in [0.05, 0.1) is 8.68 Å². The summed E-state index contributed by atoms with van der Waals surface area (Å²) in [5, 5.41) is 0. The Hall–Kier alpha value is 0.0500. The Balaban J connectivity index is 2.38. The molecule has 0 radical (unpaired) electrons. The van der Waals surface area contributed by atoms with Crippen LogP contribution in [0.2, 0.25) is 0 Å². The molecule has 1 saturated heterocycles. The molecular weight excluding hydrogens is 360 g/mol. The fourth-order valence-corrected chi connectivity index (χ4v) is 6.80. The molecular formula is C13H21BrN2O2S2. The van der Waals surface area contributed by atoms with E-state index in [0.29, 0.717) is 11.4 Å². The number of nitrogens with zero attached hydrogens (tertiary/aromatic N) is 2. The number of likely N-dealkylation sites (N-methyl/N-ethyl adjacent to an activating group) is 1. The summed E-state index contributed by atoms with van der Waals surface area (Å²) >= 11 is 4.86. The van der Waals surface area contributed by atoms with E-state index in [9.17, 15) is 8.42 Å². The third kappa shape index (κ3) is 3.27. The van der Waals surface area contributed by atoms with Gasteiger partial charge in [0, 0.05) is 24.0 Å². The Morgan fingerprint density at radius 2 is 2.15 bits per heavy atom. The molecule has 0 bridgehead atoms. The molecule has 1 unspecified atom stereocenters. The Bertz CT molecular complexity index is 571. The quantitative estimate of drug-likeness (QED) is 0.809. The topological polar surface area (TPSA) is 40.6 Å². The monoisotopic (exact) mass is 380 g/mol. The molecule has 0 aromatic carbocycles. The summed E-state index contributed by atoms with van der Waals surface area (Å²) < 4.78 is 28.5. The van der Waals surface area contributed by atoms with Crippen LogP contribution >= 0.6 is 27.3 Å². The molecule has 1 aromatic rings. The number of hydrogen-bond acceptors (Lipinski definition) is 4. The first-order valence-corrected chi connectivity index (χ1v) is 9.87. The van der Waals surface area contributed by atoms with E-state index in [1.54, 1.807) is 10.4 Å². The van der Waals surface area contributed by atoms with Crippen molar-refractivity contribution in [3.63, 3.8) is 0 Å². The first-order chi connectivity index (χ1) is 9.36. The third-order valence-corrected chi connectivity index (χ3v) is 7.51. The van der Waals surface area contributed by atoms with Gasteiger partial charge in [-0.05, 0) is 55.4 Å². The normalized spacial score (nSPS) is 22.9. The van der Waals surface area contributed by atoms with Crippen LogP contribution in [0.5, 0.6) is 0 Å². The predicted octanol–water partition coefficient (Wildman–Crippen LogP) is 2.92. The zero-order valence-corrected chi connectivity index (χ0v) is 15.3. The van der Waals surface area contributed by atoms with E-state index in [0.717, 1.165) is 34.6 Å². The van der Waals surface area contributed by atoms with Crippen molar-refractivity contribution >= 4 is 37.3 Å². The fraction of sp³-hybridized carbons (Fsp3) is 0.692. The lowest BCUT2D eigenvalue weighted by Gasteiger charge is -2.29. The lowest BCUT2D eigenvalue weighted by Crippen LogP contribution is -2.43. The average molecular weight is 381 g/mol. The summed E-state index contributed by atoms with van der Waals surface area (Å²) in [6.45, 7) is 6.29. The van der Waals surface area contributed by atoms with Crippen molar-refractivity contribution in [3.8, 4) is 0 Å². The van der Waals surface area contributed by atoms with Gasteiger partial charge in [0.2, 0.25) is 10.0 Å². The second-order valence-corrected chi connectivity index (χ2v) is 9.76. The maximum atomic E-state index is 12.9. The van der Waals surface area contributed by atoms with Crippen molar-refractivity contribution in [1.82, 2.24) is 9.21 Å². The number of halogens is 1. The molecule has 1 aliphatic rings. The lowest BCUT2D eigenvalue weighted by atomic mass is 10.2. The van der Waals surface area contributed by atoms with E-state index < -0.39 is 10.0 Å². The van der Waals surface area contributed by atoms with Crippen molar-refractivity contribution in [3.05, 3.63) is 14.7 Å². The number of hydrogen-bond donors (Lipinski definition) is 0. The van der Waals surface area contributed by atoms with Crippen molar-refractivity contribution in [2.45, 2.75) is 37.6 Å². The van der Waals surface area contributed by atoms with Gasteiger partial charge in [-0.3, -0.25) is 0 Å². The van der Waals surface area contributed by atoms with Crippen LogP contribution in [0, 0.1) is 6.92 Å². The summed E-state index contributed by atoms with van der Waals surface area (Å²) in [7, 11) is -1.33. The Labute approximate surface area is 133 Å². The fourth-order valence-electron chi connectivity index (χ4n) is 2.68. The molecule has 2 heterocycles. The van der Waals surface area contributed by atoms with Gasteiger partial charge in [-0.25, -0.2) is 8.42 Å². The van der Waals surface area contributed by atoms with E-state index >= 15 is 0 Å². The highest BCUT2D eigenvalue weighted by Crippen LogP contribution is 2.33. The maximum Gasteiger partial charge on any atom is 0.244 e. The Morgan fingerprint density at radius 3 is 2.70 bits per heavy atom. The van der Waals surface area contributed by atoms with Crippen LogP contribution in [0.4, 0.5) is 0 Å². The van der Waals surface area contributed by atoms with Crippen LogP contribution in [0.15, 0.2) is 14.7 Å². The van der Waals surface area contributed by atoms with E-state index in [4.69, 9.17) is 0 Å². The van der Waals surface area contributed by atoms with Gasteiger partial charge < -0.3 is 4.90 Å². The highest BCUT2D eigenvalue weighted by Gasteiger charge is 2.34. The van der Waals surface area contributed by atoms with Gasteiger partial charge in [0.1, 0.15) is 0 Å². The Morgan fingerprint density at radius 1 is 1.45 bits per heavy atom. The molecule has 1 atom stereocenters. The minimum absolute atomic E-state index is 0.0607. The predicted molar refractivity (Wildman–Crippen MR) is 86.8 cm³/mol. The van der Waals surface area contributed by atoms with Crippen LogP contribution in [0.1, 0.15) is 24.6 Å². The Kier molecular flexibility index (Phi) is 5.29. The summed E-state index contributed by atoms with van der Waals surface area (Å²) in [6.07, 6.45) is 1.73. The molecule has 2 rings (SSSR count). The highest BCUT2D eigenvalue weighted by atomic mass is 79.9. The van der Waals surface area contributed by atoms with Gasteiger partial charge >= 0.3 is 0 Å². The largest absolute Gasteiger partial charge is 0.305 e. The van der Waals surface area contributed by atoms with Crippen LogP contribution in [-0.2, 0) is 10.0 Å². The zero-order chi connectivity index (χ0) is 14.9. The molecule has 0 saturated carbocycles. The number of rotatable bonds is 3. The molecule has 0 aliphatic carbocycles. The number of thiophene rings is 1. The first-order valence-electron chi connectivity index (χ1n) is 6.82. The summed E-state index contributed by atoms with van der Waals surface area (Å²) in [5.74, 6) is 0. The van der Waals surface area contributed by atoms with E-state index in [1.807, 2.05) is 6.92 Å². The second-order valence-electron chi connectivity index (χ2n) is 5.26. The third-order valence-electron chi connectivity index (χ3n) is 3.75. The van der Waals surface area contributed by atoms with Crippen LogP contribution in [0.25, 0.3) is 0 Å². The van der Waals surface area contributed by atoms with E-state index in [1.165, 1.54) is 11.3 Å². The van der Waals surface area contributed by atoms with Gasteiger partial charge in [0.25, 0.3) is 0 Å². The van der Waals surface area contributed by atoms with Crippen LogP contribution in [-0.4, -0.2) is 50.3 Å². The molecule has 7 heteroatoms. The van der Waals surface area contributed by atoms with Gasteiger partial charge in [-0.15, -0.1) is 11.3 Å². The standard InChI is InChI=1S/C13H21BrN2O2S2/c1-4-11-9-15(3)6-5-7-16(11)20(17,18)12-8-13(14)19-10(12)2/h8,11H,4-7,9H2,1-3H3. The van der Waals surface area contributed by atoms with Crippen LogP contribution < -0.4 is 0 Å². The molecule has 0 spiro atoms. The molecule has 20 heavy (non-hydrogen) atoms. The van der Waals surface area contributed by atoms with E-state index in [2.05, 4.69) is 34.8 Å².